The van der Waals surface area contributed by atoms with Crippen LogP contribution in [0.4, 0.5) is 5.69 Å². The third-order valence-electron chi connectivity index (χ3n) is 2.93. The summed E-state index contributed by atoms with van der Waals surface area (Å²) in [5.74, 6) is 1.96. The van der Waals surface area contributed by atoms with E-state index in [4.69, 9.17) is 32.7 Å². The highest BCUT2D eigenvalue weighted by Gasteiger charge is 2.08. The van der Waals surface area contributed by atoms with Gasteiger partial charge in [-0.2, -0.15) is 12.6 Å². The van der Waals surface area contributed by atoms with Crippen molar-refractivity contribution in [3.8, 4) is 11.5 Å². The van der Waals surface area contributed by atoms with Gasteiger partial charge >= 0.3 is 0 Å². The summed E-state index contributed by atoms with van der Waals surface area (Å²) >= 11 is 16.3. The monoisotopic (exact) mass is 358 g/mol. The van der Waals surface area contributed by atoms with E-state index in [1.165, 1.54) is 0 Å². The molecule has 4 nitrogen and oxygen atoms in total. The molecule has 0 aliphatic carbocycles. The average molecular weight is 359 g/mol. The average Bonchev–Trinajstić information content (AvgIpc) is 2.52. The first-order valence-corrected chi connectivity index (χ1v) is 7.98. The van der Waals surface area contributed by atoms with Crippen molar-refractivity contribution in [2.24, 2.45) is 0 Å². The number of pyridine rings is 1. The summed E-state index contributed by atoms with van der Waals surface area (Å²) in [6.07, 6.45) is 3.14. The zero-order valence-electron chi connectivity index (χ0n) is 12.0. The van der Waals surface area contributed by atoms with Crippen molar-refractivity contribution in [1.82, 2.24) is 4.98 Å². The molecule has 0 atom stereocenters. The molecule has 0 radical (unpaired) electrons. The molecule has 0 fully saturated rings. The predicted octanol–water partition coefficient (Wildman–Crippen LogP) is 4.32. The van der Waals surface area contributed by atoms with E-state index in [-0.39, 0.29) is 0 Å². The summed E-state index contributed by atoms with van der Waals surface area (Å²) in [6, 6.07) is 5.60. The Morgan fingerprint density at radius 2 is 1.91 bits per heavy atom. The summed E-state index contributed by atoms with van der Waals surface area (Å²) in [6.45, 7) is 0.990. The topological polar surface area (TPSA) is 43.4 Å². The van der Waals surface area contributed by atoms with Crippen LogP contribution >= 0.6 is 35.8 Å². The van der Waals surface area contributed by atoms with Crippen LogP contribution in [0, 0.1) is 0 Å². The molecule has 2 rings (SSSR count). The van der Waals surface area contributed by atoms with Crippen LogP contribution in [-0.2, 0) is 6.54 Å². The Bertz CT molecular complexity index is 621. The summed E-state index contributed by atoms with van der Waals surface area (Å²) in [7, 11) is 1.60. The van der Waals surface area contributed by atoms with Gasteiger partial charge in [0, 0.05) is 42.0 Å². The van der Waals surface area contributed by atoms with E-state index < -0.39 is 0 Å². The number of hydrogen-bond acceptors (Lipinski definition) is 5. The summed E-state index contributed by atoms with van der Waals surface area (Å²) in [5.41, 5.74) is 1.67. The fraction of sp³-hybridized carbons (Fsp3) is 0.267. The molecular formula is C15H16Cl2N2O2S. The summed E-state index contributed by atoms with van der Waals surface area (Å²) in [4.78, 5) is 3.93. The maximum absolute atomic E-state index is 6.10. The second-order valence-corrected chi connectivity index (χ2v) is 5.63. The number of rotatable bonds is 7. The number of benzene rings is 1. The first-order valence-electron chi connectivity index (χ1n) is 6.59. The van der Waals surface area contributed by atoms with Crippen LogP contribution in [0.3, 0.4) is 0 Å². The van der Waals surface area contributed by atoms with E-state index in [1.807, 2.05) is 18.2 Å². The maximum Gasteiger partial charge on any atom is 0.163 e. The molecule has 2 aromatic rings. The van der Waals surface area contributed by atoms with Gasteiger partial charge in [0.25, 0.3) is 0 Å². The number of nitrogens with zero attached hydrogens (tertiary/aromatic N) is 1. The van der Waals surface area contributed by atoms with Crippen molar-refractivity contribution in [1.29, 1.82) is 0 Å². The zero-order chi connectivity index (χ0) is 15.9. The molecule has 0 saturated carbocycles. The lowest BCUT2D eigenvalue weighted by Crippen LogP contribution is -2.04. The van der Waals surface area contributed by atoms with Crippen molar-refractivity contribution in [2.75, 3.05) is 24.8 Å². The molecule has 1 aromatic carbocycles. The summed E-state index contributed by atoms with van der Waals surface area (Å²) in [5, 5.41) is 4.32. The molecule has 1 heterocycles. The Balaban J connectivity index is 2.12. The smallest absolute Gasteiger partial charge is 0.163 e. The third-order valence-corrected chi connectivity index (χ3v) is 3.77. The number of halogens is 2. The second kappa shape index (κ2) is 8.36. The minimum absolute atomic E-state index is 0.485. The predicted molar refractivity (Wildman–Crippen MR) is 93.9 cm³/mol. The van der Waals surface area contributed by atoms with Gasteiger partial charge in [0.05, 0.1) is 23.8 Å². The molecule has 1 aromatic heterocycles. The Hall–Kier alpha value is -1.30. The Labute approximate surface area is 145 Å². The van der Waals surface area contributed by atoms with Gasteiger partial charge in [-0.1, -0.05) is 23.2 Å². The second-order valence-electron chi connectivity index (χ2n) is 4.37. The zero-order valence-corrected chi connectivity index (χ0v) is 14.4. The number of hydrogen-bond donors (Lipinski definition) is 2. The van der Waals surface area contributed by atoms with Crippen molar-refractivity contribution < 1.29 is 9.47 Å². The molecule has 0 saturated heterocycles. The first kappa shape index (κ1) is 17.1. The molecule has 7 heteroatoms. The number of aromatic nitrogens is 1. The first-order chi connectivity index (χ1) is 10.7. The van der Waals surface area contributed by atoms with Gasteiger partial charge < -0.3 is 14.8 Å². The van der Waals surface area contributed by atoms with Crippen molar-refractivity contribution in [3.05, 3.63) is 46.2 Å². The fourth-order valence-electron chi connectivity index (χ4n) is 1.85. The number of thiol groups is 1. The lowest BCUT2D eigenvalue weighted by molar-refractivity contribution is 0.314. The van der Waals surface area contributed by atoms with Crippen LogP contribution in [-0.4, -0.2) is 24.5 Å². The standard InChI is InChI=1S/C15H16Cl2N2O2S/c1-20-14-3-2-10(6-15(14)21-4-5-22)19-7-11-12(16)8-18-9-13(11)17/h2-3,6,8-9,19,22H,4-5,7H2,1H3. The summed E-state index contributed by atoms with van der Waals surface area (Å²) < 4.78 is 10.9. The minimum Gasteiger partial charge on any atom is -0.493 e. The van der Waals surface area contributed by atoms with Gasteiger partial charge in [-0.05, 0) is 12.1 Å². The van der Waals surface area contributed by atoms with Gasteiger partial charge in [0.15, 0.2) is 11.5 Å². The molecule has 22 heavy (non-hydrogen) atoms. The maximum atomic E-state index is 6.10. The molecule has 0 spiro atoms. The molecule has 1 N–H and O–H groups in total. The molecule has 0 aliphatic heterocycles. The highest BCUT2D eigenvalue weighted by molar-refractivity contribution is 7.80. The van der Waals surface area contributed by atoms with Crippen LogP contribution in [0.5, 0.6) is 11.5 Å². The van der Waals surface area contributed by atoms with E-state index in [9.17, 15) is 0 Å². The van der Waals surface area contributed by atoms with Crippen LogP contribution in [0.1, 0.15) is 5.56 Å². The van der Waals surface area contributed by atoms with Crippen molar-refractivity contribution >= 4 is 41.5 Å². The van der Waals surface area contributed by atoms with Crippen LogP contribution in [0.2, 0.25) is 10.0 Å². The van der Waals surface area contributed by atoms with Crippen molar-refractivity contribution in [2.45, 2.75) is 6.54 Å². The number of methoxy groups -OCH3 is 1. The van der Waals surface area contributed by atoms with Crippen LogP contribution in [0.15, 0.2) is 30.6 Å². The third kappa shape index (κ3) is 4.35. The number of anilines is 1. The Morgan fingerprint density at radius 1 is 1.18 bits per heavy atom. The molecule has 118 valence electrons. The fourth-order valence-corrected chi connectivity index (χ4v) is 2.44. The molecule has 0 aliphatic rings. The lowest BCUT2D eigenvalue weighted by atomic mass is 10.2. The highest BCUT2D eigenvalue weighted by Crippen LogP contribution is 2.31. The number of nitrogens with one attached hydrogen (secondary N) is 1. The van der Waals surface area contributed by atoms with E-state index >= 15 is 0 Å². The molecule has 0 bridgehead atoms. The molecule has 0 amide bonds. The van der Waals surface area contributed by atoms with Gasteiger partial charge in [-0.25, -0.2) is 0 Å². The van der Waals surface area contributed by atoms with E-state index in [1.54, 1.807) is 19.5 Å². The lowest BCUT2D eigenvalue weighted by Gasteiger charge is -2.13. The van der Waals surface area contributed by atoms with Gasteiger partial charge in [0.2, 0.25) is 0 Å². The SMILES string of the molecule is COc1ccc(NCc2c(Cl)cncc2Cl)cc1OCCS. The normalized spacial score (nSPS) is 10.4. The molecule has 0 unspecified atom stereocenters. The number of ether oxygens (including phenoxy) is 2. The Morgan fingerprint density at radius 3 is 2.55 bits per heavy atom. The van der Waals surface area contributed by atoms with Gasteiger partial charge in [-0.15, -0.1) is 0 Å². The van der Waals surface area contributed by atoms with E-state index in [0.29, 0.717) is 40.4 Å². The van der Waals surface area contributed by atoms with Gasteiger partial charge in [-0.3, -0.25) is 4.98 Å². The van der Waals surface area contributed by atoms with Crippen molar-refractivity contribution in [3.63, 3.8) is 0 Å². The highest BCUT2D eigenvalue weighted by atomic mass is 35.5. The van der Waals surface area contributed by atoms with E-state index in [2.05, 4.69) is 22.9 Å². The quantitative estimate of drug-likeness (QED) is 0.723. The largest absolute Gasteiger partial charge is 0.493 e. The van der Waals surface area contributed by atoms with Crippen LogP contribution in [0.25, 0.3) is 0 Å². The van der Waals surface area contributed by atoms with Gasteiger partial charge in [0.1, 0.15) is 0 Å². The Kier molecular flexibility index (Phi) is 6.49. The van der Waals surface area contributed by atoms with E-state index in [0.717, 1.165) is 11.3 Å². The van der Waals surface area contributed by atoms with Crippen LogP contribution < -0.4 is 14.8 Å². The molecular weight excluding hydrogens is 343 g/mol. The minimum atomic E-state index is 0.485.